The van der Waals surface area contributed by atoms with E-state index in [4.69, 9.17) is 9.47 Å². The molecule has 1 fully saturated rings. The molecule has 0 unspecified atom stereocenters. The van der Waals surface area contributed by atoms with Crippen LogP contribution in [0.1, 0.15) is 40.0 Å². The Morgan fingerprint density at radius 2 is 1.81 bits per heavy atom. The van der Waals surface area contributed by atoms with Crippen molar-refractivity contribution in [1.82, 2.24) is 0 Å². The smallest absolute Gasteiger partial charge is 0.0650 e. The Hall–Kier alpha value is -0.340. The van der Waals surface area contributed by atoms with Crippen LogP contribution in [-0.4, -0.2) is 26.4 Å². The second-order valence-electron chi connectivity index (χ2n) is 5.05. The predicted molar refractivity (Wildman–Crippen MR) is 67.6 cm³/mol. The van der Waals surface area contributed by atoms with Crippen LogP contribution in [0.5, 0.6) is 0 Å². The molecule has 2 heterocycles. The second kappa shape index (κ2) is 7.86. The Morgan fingerprint density at radius 3 is 2.12 bits per heavy atom. The second-order valence-corrected chi connectivity index (χ2v) is 5.05. The van der Waals surface area contributed by atoms with E-state index in [-0.39, 0.29) is 0 Å². The van der Waals surface area contributed by atoms with Gasteiger partial charge in [-0.25, -0.2) is 0 Å². The summed E-state index contributed by atoms with van der Waals surface area (Å²) < 4.78 is 10.3. The Kier molecular flexibility index (Phi) is 6.74. The number of ether oxygens (including phenoxy) is 2. The lowest BCUT2D eigenvalue weighted by molar-refractivity contribution is 0.0716. The van der Waals surface area contributed by atoms with Gasteiger partial charge in [-0.2, -0.15) is 0 Å². The van der Waals surface area contributed by atoms with Crippen molar-refractivity contribution in [1.29, 1.82) is 0 Å². The summed E-state index contributed by atoms with van der Waals surface area (Å²) in [5.41, 5.74) is 1.56. The molecular formula is C14H26O2. The largest absolute Gasteiger partial charge is 0.381 e. The van der Waals surface area contributed by atoms with Crippen molar-refractivity contribution >= 4 is 0 Å². The van der Waals surface area contributed by atoms with Gasteiger partial charge < -0.3 is 9.47 Å². The van der Waals surface area contributed by atoms with Gasteiger partial charge in [0.2, 0.25) is 0 Å². The van der Waals surface area contributed by atoms with Gasteiger partial charge in [0, 0.05) is 13.2 Å². The third-order valence-corrected chi connectivity index (χ3v) is 3.25. The maximum atomic E-state index is 5.17. The number of rotatable bonds is 1. The summed E-state index contributed by atoms with van der Waals surface area (Å²) >= 11 is 0. The SMILES string of the molecule is CC(C)C1=CCOCC1.CC1CCOCC1. The van der Waals surface area contributed by atoms with E-state index in [0.29, 0.717) is 5.92 Å². The topological polar surface area (TPSA) is 18.5 Å². The minimum atomic E-state index is 0.717. The maximum Gasteiger partial charge on any atom is 0.0650 e. The lowest BCUT2D eigenvalue weighted by atomic mass is 9.99. The van der Waals surface area contributed by atoms with Gasteiger partial charge in [0.1, 0.15) is 0 Å². The first-order valence-corrected chi connectivity index (χ1v) is 6.54. The fourth-order valence-electron chi connectivity index (χ4n) is 1.88. The molecule has 1 saturated heterocycles. The fraction of sp³-hybridized carbons (Fsp3) is 0.857. The average molecular weight is 226 g/mol. The van der Waals surface area contributed by atoms with Gasteiger partial charge in [-0.3, -0.25) is 0 Å². The molecule has 0 radical (unpaired) electrons. The van der Waals surface area contributed by atoms with Crippen molar-refractivity contribution in [2.24, 2.45) is 11.8 Å². The van der Waals surface area contributed by atoms with Gasteiger partial charge >= 0.3 is 0 Å². The minimum absolute atomic E-state index is 0.717. The quantitative estimate of drug-likeness (QED) is 0.638. The Labute approximate surface area is 100 Å². The molecule has 0 saturated carbocycles. The minimum Gasteiger partial charge on any atom is -0.381 e. The van der Waals surface area contributed by atoms with E-state index >= 15 is 0 Å². The van der Waals surface area contributed by atoms with Crippen LogP contribution in [-0.2, 0) is 9.47 Å². The molecule has 2 rings (SSSR count). The summed E-state index contributed by atoms with van der Waals surface area (Å²) in [7, 11) is 0. The van der Waals surface area contributed by atoms with E-state index in [1.165, 1.54) is 12.8 Å². The van der Waals surface area contributed by atoms with E-state index in [2.05, 4.69) is 26.8 Å². The average Bonchev–Trinajstić information content (AvgIpc) is 2.32. The fourth-order valence-corrected chi connectivity index (χ4v) is 1.88. The van der Waals surface area contributed by atoms with Crippen LogP contribution in [0.4, 0.5) is 0 Å². The van der Waals surface area contributed by atoms with Crippen LogP contribution in [0.15, 0.2) is 11.6 Å². The molecule has 0 amide bonds. The molecule has 0 aromatic rings. The van der Waals surface area contributed by atoms with Crippen molar-refractivity contribution in [3.05, 3.63) is 11.6 Å². The molecule has 0 atom stereocenters. The van der Waals surface area contributed by atoms with Crippen molar-refractivity contribution < 1.29 is 9.47 Å². The highest BCUT2D eigenvalue weighted by molar-refractivity contribution is 5.06. The van der Waals surface area contributed by atoms with E-state index in [0.717, 1.165) is 38.8 Å². The highest BCUT2D eigenvalue weighted by Crippen LogP contribution is 2.16. The summed E-state index contributed by atoms with van der Waals surface area (Å²) in [4.78, 5) is 0. The highest BCUT2D eigenvalue weighted by atomic mass is 16.5. The third-order valence-electron chi connectivity index (χ3n) is 3.25. The molecule has 0 spiro atoms. The van der Waals surface area contributed by atoms with Gasteiger partial charge in [-0.05, 0) is 31.1 Å². The first-order chi connectivity index (χ1) is 7.70. The molecule has 2 aliphatic heterocycles. The molecular weight excluding hydrogens is 200 g/mol. The first kappa shape index (κ1) is 13.7. The van der Waals surface area contributed by atoms with Crippen LogP contribution in [0.3, 0.4) is 0 Å². The zero-order chi connectivity index (χ0) is 11.8. The molecule has 94 valence electrons. The summed E-state index contributed by atoms with van der Waals surface area (Å²) in [6, 6.07) is 0. The van der Waals surface area contributed by atoms with Gasteiger partial charge in [-0.15, -0.1) is 0 Å². The van der Waals surface area contributed by atoms with Gasteiger partial charge in [0.15, 0.2) is 0 Å². The predicted octanol–water partition coefficient (Wildman–Crippen LogP) is 3.42. The summed E-state index contributed by atoms with van der Waals surface area (Å²) in [5, 5.41) is 0. The van der Waals surface area contributed by atoms with Crippen molar-refractivity contribution in [2.75, 3.05) is 26.4 Å². The Morgan fingerprint density at radius 1 is 1.12 bits per heavy atom. The molecule has 16 heavy (non-hydrogen) atoms. The number of hydrogen-bond acceptors (Lipinski definition) is 2. The third kappa shape index (κ3) is 5.66. The summed E-state index contributed by atoms with van der Waals surface area (Å²) in [5.74, 6) is 1.63. The zero-order valence-corrected chi connectivity index (χ0v) is 11.0. The monoisotopic (exact) mass is 226 g/mol. The highest BCUT2D eigenvalue weighted by Gasteiger charge is 2.06. The van der Waals surface area contributed by atoms with Crippen LogP contribution in [0, 0.1) is 11.8 Å². The molecule has 2 heteroatoms. The van der Waals surface area contributed by atoms with Crippen molar-refractivity contribution in [2.45, 2.75) is 40.0 Å². The van der Waals surface area contributed by atoms with Crippen LogP contribution in [0.25, 0.3) is 0 Å². The van der Waals surface area contributed by atoms with Gasteiger partial charge in [-0.1, -0.05) is 32.4 Å². The van der Waals surface area contributed by atoms with E-state index in [9.17, 15) is 0 Å². The lowest BCUT2D eigenvalue weighted by Gasteiger charge is -2.16. The van der Waals surface area contributed by atoms with Crippen molar-refractivity contribution in [3.8, 4) is 0 Å². The Balaban J connectivity index is 0.000000165. The molecule has 0 N–H and O–H groups in total. The number of hydrogen-bond donors (Lipinski definition) is 0. The summed E-state index contributed by atoms with van der Waals surface area (Å²) in [6.07, 6.45) is 5.87. The van der Waals surface area contributed by atoms with E-state index in [1.54, 1.807) is 5.57 Å². The maximum absolute atomic E-state index is 5.17. The van der Waals surface area contributed by atoms with Crippen LogP contribution >= 0.6 is 0 Å². The molecule has 0 aliphatic carbocycles. The van der Waals surface area contributed by atoms with Gasteiger partial charge in [0.05, 0.1) is 13.2 Å². The first-order valence-electron chi connectivity index (χ1n) is 6.54. The molecule has 0 bridgehead atoms. The molecule has 2 aliphatic rings. The molecule has 0 aromatic carbocycles. The normalized spacial score (nSPS) is 22.4. The van der Waals surface area contributed by atoms with Crippen LogP contribution in [0.2, 0.25) is 0 Å². The van der Waals surface area contributed by atoms with E-state index < -0.39 is 0 Å². The lowest BCUT2D eigenvalue weighted by Crippen LogP contribution is -2.12. The standard InChI is InChI=1S/C8H14O.C6H12O/c1-7(2)8-3-5-9-6-4-8;1-6-2-4-7-5-3-6/h3,7H,4-6H2,1-2H3;6H,2-5H2,1H3. The molecule has 0 aromatic heterocycles. The van der Waals surface area contributed by atoms with E-state index in [1.807, 2.05) is 0 Å². The Bertz CT molecular complexity index is 203. The zero-order valence-electron chi connectivity index (χ0n) is 11.0. The van der Waals surface area contributed by atoms with Crippen LogP contribution < -0.4 is 0 Å². The summed E-state index contributed by atoms with van der Waals surface area (Å²) in [6.45, 7) is 10.5. The van der Waals surface area contributed by atoms with Crippen molar-refractivity contribution in [3.63, 3.8) is 0 Å². The molecule has 2 nitrogen and oxygen atoms in total. The van der Waals surface area contributed by atoms with Gasteiger partial charge in [0.25, 0.3) is 0 Å².